The minimum Gasteiger partial charge on any atom is -0.481 e. The maximum absolute atomic E-state index is 13.5. The molecule has 3 aromatic rings. The lowest BCUT2D eigenvalue weighted by Gasteiger charge is -2.29. The summed E-state index contributed by atoms with van der Waals surface area (Å²) in [5, 5.41) is 13.0. The second-order valence-corrected chi connectivity index (χ2v) is 12.0. The van der Waals surface area contributed by atoms with Crippen LogP contribution in [-0.2, 0) is 9.59 Å². The van der Waals surface area contributed by atoms with Crippen LogP contribution in [0.15, 0.2) is 41.3 Å². The fourth-order valence-electron chi connectivity index (χ4n) is 5.27. The van der Waals surface area contributed by atoms with Crippen LogP contribution in [0.25, 0.3) is 10.3 Å². The Morgan fingerprint density at radius 1 is 1.14 bits per heavy atom. The average molecular weight is 541 g/mol. The first-order valence-corrected chi connectivity index (χ1v) is 14.5. The highest BCUT2D eigenvalue weighted by Gasteiger charge is 2.28. The third-order valence-electron chi connectivity index (χ3n) is 7.28. The number of methoxy groups -OCH3 is 1. The van der Waals surface area contributed by atoms with Gasteiger partial charge in [0.25, 0.3) is 0 Å². The van der Waals surface area contributed by atoms with E-state index >= 15 is 0 Å². The van der Waals surface area contributed by atoms with Crippen LogP contribution in [0, 0.1) is 11.8 Å². The van der Waals surface area contributed by atoms with Crippen LogP contribution in [0.4, 0.5) is 5.13 Å². The molecular weight excluding hydrogens is 508 g/mol. The topological polar surface area (TPSA) is 105 Å². The number of ether oxygens (including phenoxy) is 1. The molecule has 3 heterocycles. The van der Waals surface area contributed by atoms with Crippen molar-refractivity contribution in [3.63, 3.8) is 0 Å². The van der Waals surface area contributed by atoms with Crippen molar-refractivity contribution in [3.05, 3.63) is 42.0 Å². The predicted molar refractivity (Wildman–Crippen MR) is 146 cm³/mol. The quantitative estimate of drug-likeness (QED) is 0.328. The summed E-state index contributed by atoms with van der Waals surface area (Å²) >= 11 is 2.95. The van der Waals surface area contributed by atoms with Crippen LogP contribution in [-0.4, -0.2) is 51.5 Å². The molecule has 2 fully saturated rings. The minimum absolute atomic E-state index is 0.0429. The molecule has 2 aliphatic rings. The second kappa shape index (κ2) is 11.8. The SMILES string of the molecule is COc1ccc2nc(NC(=O)C(CC3CCCC3)c3ccc(SN4CCCC(C(=O)O)C4)cc3)sc2n1. The zero-order valence-corrected chi connectivity index (χ0v) is 22.5. The van der Waals surface area contributed by atoms with Gasteiger partial charge in [-0.1, -0.05) is 49.2 Å². The number of benzene rings is 1. The van der Waals surface area contributed by atoms with E-state index in [1.165, 1.54) is 37.0 Å². The number of pyridine rings is 1. The van der Waals surface area contributed by atoms with E-state index in [0.29, 0.717) is 23.5 Å². The predicted octanol–water partition coefficient (Wildman–Crippen LogP) is 5.81. The van der Waals surface area contributed by atoms with Gasteiger partial charge in [0.15, 0.2) is 5.13 Å². The van der Waals surface area contributed by atoms with E-state index in [1.54, 1.807) is 25.1 Å². The van der Waals surface area contributed by atoms with Crippen LogP contribution in [0.2, 0.25) is 0 Å². The van der Waals surface area contributed by atoms with Crippen molar-refractivity contribution in [2.45, 2.75) is 55.8 Å². The number of nitrogens with one attached hydrogen (secondary N) is 1. The second-order valence-electron chi connectivity index (χ2n) is 9.85. The summed E-state index contributed by atoms with van der Waals surface area (Å²) in [6.45, 7) is 1.43. The fraction of sp³-hybridized carbons (Fsp3) is 0.481. The van der Waals surface area contributed by atoms with Crippen molar-refractivity contribution in [1.29, 1.82) is 0 Å². The molecule has 0 spiro atoms. The van der Waals surface area contributed by atoms with E-state index < -0.39 is 5.97 Å². The third kappa shape index (κ3) is 6.42. The van der Waals surface area contributed by atoms with Crippen molar-refractivity contribution < 1.29 is 19.4 Å². The monoisotopic (exact) mass is 540 g/mol. The average Bonchev–Trinajstić information content (AvgIpc) is 3.56. The molecule has 2 N–H and O–H groups in total. The highest BCUT2D eigenvalue weighted by Crippen LogP contribution is 2.37. The Kier molecular flexibility index (Phi) is 8.26. The summed E-state index contributed by atoms with van der Waals surface area (Å²) in [6, 6.07) is 11.8. The third-order valence-corrected chi connectivity index (χ3v) is 9.23. The number of rotatable bonds is 9. The molecule has 37 heavy (non-hydrogen) atoms. The molecule has 1 amide bonds. The minimum atomic E-state index is -0.718. The zero-order chi connectivity index (χ0) is 25.8. The van der Waals surface area contributed by atoms with Crippen LogP contribution in [0.3, 0.4) is 0 Å². The summed E-state index contributed by atoms with van der Waals surface area (Å²) in [5.41, 5.74) is 1.73. The highest BCUT2D eigenvalue weighted by molar-refractivity contribution is 7.97. The Labute approximate surface area is 225 Å². The normalized spacial score (nSPS) is 19.6. The van der Waals surface area contributed by atoms with E-state index in [-0.39, 0.29) is 17.7 Å². The maximum atomic E-state index is 13.5. The molecule has 1 aromatic carbocycles. The molecule has 8 nitrogen and oxygen atoms in total. The number of aromatic nitrogens is 2. The molecule has 2 atom stereocenters. The highest BCUT2D eigenvalue weighted by atomic mass is 32.2. The van der Waals surface area contributed by atoms with Gasteiger partial charge in [0, 0.05) is 24.1 Å². The zero-order valence-electron chi connectivity index (χ0n) is 20.9. The number of hydrogen-bond donors (Lipinski definition) is 2. The van der Waals surface area contributed by atoms with Gasteiger partial charge in [-0.25, -0.2) is 14.3 Å². The van der Waals surface area contributed by atoms with Crippen LogP contribution < -0.4 is 10.1 Å². The molecule has 2 aromatic heterocycles. The van der Waals surface area contributed by atoms with Crippen molar-refractivity contribution >= 4 is 50.6 Å². The van der Waals surface area contributed by atoms with Gasteiger partial charge >= 0.3 is 5.97 Å². The van der Waals surface area contributed by atoms with E-state index in [2.05, 4.69) is 19.6 Å². The lowest BCUT2D eigenvalue weighted by Crippen LogP contribution is -2.34. The Morgan fingerprint density at radius 2 is 1.92 bits per heavy atom. The smallest absolute Gasteiger partial charge is 0.307 e. The summed E-state index contributed by atoms with van der Waals surface area (Å²) < 4.78 is 7.34. The number of carboxylic acid groups (broad SMARTS) is 1. The molecule has 0 radical (unpaired) electrons. The molecule has 196 valence electrons. The molecule has 2 unspecified atom stereocenters. The molecule has 1 saturated heterocycles. The van der Waals surface area contributed by atoms with Crippen molar-refractivity contribution in [2.75, 3.05) is 25.5 Å². The Bertz CT molecular complexity index is 1240. The summed E-state index contributed by atoms with van der Waals surface area (Å²) in [6.07, 6.45) is 7.24. The van der Waals surface area contributed by atoms with E-state index in [1.807, 2.05) is 30.3 Å². The molecule has 1 aliphatic heterocycles. The number of piperidine rings is 1. The summed E-state index contributed by atoms with van der Waals surface area (Å²) in [7, 11) is 1.58. The number of carbonyl (C=O) groups is 2. The Morgan fingerprint density at radius 3 is 2.65 bits per heavy atom. The molecule has 0 bridgehead atoms. The summed E-state index contributed by atoms with van der Waals surface area (Å²) in [5.74, 6) is -0.258. The van der Waals surface area contributed by atoms with Crippen LogP contribution in [0.1, 0.15) is 56.4 Å². The van der Waals surface area contributed by atoms with Gasteiger partial charge in [0.2, 0.25) is 11.8 Å². The number of amides is 1. The number of fused-ring (bicyclic) bond motifs is 1. The lowest BCUT2D eigenvalue weighted by molar-refractivity contribution is -0.142. The van der Waals surface area contributed by atoms with E-state index in [0.717, 1.165) is 46.6 Å². The van der Waals surface area contributed by atoms with Crippen LogP contribution in [0.5, 0.6) is 5.88 Å². The molecule has 5 rings (SSSR count). The van der Waals surface area contributed by atoms with Crippen LogP contribution >= 0.6 is 23.3 Å². The van der Waals surface area contributed by atoms with Crippen molar-refractivity contribution in [2.24, 2.45) is 11.8 Å². The van der Waals surface area contributed by atoms with Gasteiger partial charge < -0.3 is 15.2 Å². The van der Waals surface area contributed by atoms with Gasteiger partial charge in [-0.15, -0.1) is 0 Å². The number of carbonyl (C=O) groups excluding carboxylic acids is 1. The summed E-state index contributed by atoms with van der Waals surface area (Å²) in [4.78, 5) is 35.7. The largest absolute Gasteiger partial charge is 0.481 e. The number of thiazole rings is 1. The van der Waals surface area contributed by atoms with E-state index in [4.69, 9.17) is 4.74 Å². The number of aliphatic carboxylic acids is 1. The molecular formula is C27H32N4O4S2. The molecule has 1 saturated carbocycles. The van der Waals surface area contributed by atoms with Gasteiger partial charge in [0.1, 0.15) is 10.3 Å². The van der Waals surface area contributed by atoms with Crippen molar-refractivity contribution in [3.8, 4) is 5.88 Å². The van der Waals surface area contributed by atoms with Crippen molar-refractivity contribution in [1.82, 2.24) is 14.3 Å². The van der Waals surface area contributed by atoms with E-state index in [9.17, 15) is 14.7 Å². The molecule has 1 aliphatic carbocycles. The standard InChI is InChI=1S/C27H32N4O4S2/c1-35-23-13-12-22-25(29-23)36-27(28-22)30-24(32)21(15-17-5-2-3-6-17)18-8-10-20(11-9-18)37-31-14-4-7-19(16-31)26(33)34/h8-13,17,19,21H,2-7,14-16H2,1H3,(H,33,34)(H,28,30,32). The maximum Gasteiger partial charge on any atom is 0.307 e. The fourth-order valence-corrected chi connectivity index (χ4v) is 7.13. The number of hydrogen-bond acceptors (Lipinski definition) is 8. The Balaban J connectivity index is 1.30. The van der Waals surface area contributed by atoms with Gasteiger partial charge in [-0.05, 0) is 60.9 Å². The number of carboxylic acids is 1. The molecule has 10 heteroatoms. The Hall–Kier alpha value is -2.69. The first-order chi connectivity index (χ1) is 18.0. The van der Waals surface area contributed by atoms with Gasteiger partial charge in [-0.2, -0.15) is 0 Å². The first kappa shape index (κ1) is 25.9. The lowest BCUT2D eigenvalue weighted by atomic mass is 9.87. The van der Waals surface area contributed by atoms with Gasteiger partial charge in [0.05, 0.1) is 18.9 Å². The number of nitrogens with zero attached hydrogens (tertiary/aromatic N) is 3. The van der Waals surface area contributed by atoms with Gasteiger partial charge in [-0.3, -0.25) is 9.59 Å². The first-order valence-electron chi connectivity index (χ1n) is 12.9. The number of anilines is 1.